The van der Waals surface area contributed by atoms with Gasteiger partial charge in [-0.3, -0.25) is 0 Å². The quantitative estimate of drug-likeness (QED) is 0.406. The van der Waals surface area contributed by atoms with E-state index in [4.69, 9.17) is 15.0 Å². The van der Waals surface area contributed by atoms with E-state index >= 15 is 0 Å². The van der Waals surface area contributed by atoms with Crippen molar-refractivity contribution in [1.29, 1.82) is 0 Å². The topological polar surface area (TPSA) is 72.5 Å². The van der Waals surface area contributed by atoms with Gasteiger partial charge in [-0.1, -0.05) is 0 Å². The summed E-state index contributed by atoms with van der Waals surface area (Å²) < 4.78 is 0. The van der Waals surface area contributed by atoms with E-state index in [2.05, 4.69) is 122 Å². The van der Waals surface area contributed by atoms with Crippen molar-refractivity contribution in [3.63, 3.8) is 0 Å². The maximum Gasteiger partial charge on any atom is 0.232 e. The average molecular weight is 545 g/mol. The summed E-state index contributed by atoms with van der Waals surface area (Å²) in [6, 6.07) is 1.20. The van der Waals surface area contributed by atoms with Gasteiger partial charge in [0, 0.05) is 59.4 Å². The lowest BCUT2D eigenvalue weighted by Crippen LogP contribution is -2.63. The summed E-state index contributed by atoms with van der Waals surface area (Å²) in [6.45, 7) is 33.8. The molecule has 2 fully saturated rings. The van der Waals surface area contributed by atoms with E-state index < -0.39 is 0 Å². The van der Waals surface area contributed by atoms with Crippen LogP contribution in [0.4, 0.5) is 17.8 Å². The van der Waals surface area contributed by atoms with Crippen LogP contribution in [0.2, 0.25) is 0 Å². The molecule has 39 heavy (non-hydrogen) atoms. The highest BCUT2D eigenvalue weighted by molar-refractivity contribution is 5.49. The minimum Gasteiger partial charge on any atom is -0.341 e. The smallest absolute Gasteiger partial charge is 0.232 e. The van der Waals surface area contributed by atoms with Gasteiger partial charge in [0.25, 0.3) is 0 Å². The third-order valence-electron chi connectivity index (χ3n) is 8.34. The van der Waals surface area contributed by atoms with Crippen LogP contribution < -0.4 is 25.3 Å². The molecular formula is C31H60N8. The molecule has 8 heteroatoms. The summed E-state index contributed by atoms with van der Waals surface area (Å²) in [6.07, 6.45) is 4.17. The summed E-state index contributed by atoms with van der Waals surface area (Å²) in [5, 5.41) is 7.71. The fraction of sp³-hybridized carbons (Fsp3) is 0.903. The Morgan fingerprint density at radius 3 is 1.13 bits per heavy atom. The first-order valence-electron chi connectivity index (χ1n) is 15.4. The molecule has 2 aliphatic heterocycles. The molecule has 0 bridgehead atoms. The van der Waals surface area contributed by atoms with E-state index in [-0.39, 0.29) is 34.2 Å². The van der Waals surface area contributed by atoms with Crippen molar-refractivity contribution < 1.29 is 0 Å². The van der Waals surface area contributed by atoms with Crippen molar-refractivity contribution in [2.75, 3.05) is 27.8 Å². The van der Waals surface area contributed by atoms with Crippen LogP contribution in [0.5, 0.6) is 0 Å². The SMILES string of the molecule is CCN(CC)c1nc(N(C(C)C)C2CC(C)(C)NC(C)(C)C2)nc(N(C(C)C)C2CC(C)(C)NC(C)(C)C2)n1. The maximum absolute atomic E-state index is 5.33. The van der Waals surface area contributed by atoms with E-state index in [1.165, 1.54) is 0 Å². The van der Waals surface area contributed by atoms with Crippen molar-refractivity contribution in [3.05, 3.63) is 0 Å². The Kier molecular flexibility index (Phi) is 9.23. The molecule has 0 spiro atoms. The fourth-order valence-corrected chi connectivity index (χ4v) is 7.78. The van der Waals surface area contributed by atoms with Gasteiger partial charge in [0.05, 0.1) is 0 Å². The standard InChI is InChI=1S/C31H60N8/c1-15-37(16-2)25-32-26(38(21(3)4)23-17-28(7,8)35-29(9,10)18-23)34-27(33-25)39(22(5)6)24-19-30(11,12)36-31(13,14)20-24/h21-24,35-36H,15-20H2,1-14H3. The van der Waals surface area contributed by atoms with Gasteiger partial charge in [-0.25, -0.2) is 0 Å². The van der Waals surface area contributed by atoms with Crippen molar-refractivity contribution in [3.8, 4) is 0 Å². The minimum atomic E-state index is 0.0351. The molecule has 0 aliphatic carbocycles. The second-order valence-corrected chi connectivity index (χ2v) is 15.3. The molecule has 0 radical (unpaired) electrons. The molecule has 0 atom stereocenters. The van der Waals surface area contributed by atoms with Crippen LogP contribution in [0, 0.1) is 0 Å². The number of nitrogens with one attached hydrogen (secondary N) is 2. The van der Waals surface area contributed by atoms with Gasteiger partial charge in [0.2, 0.25) is 17.8 Å². The lowest BCUT2D eigenvalue weighted by molar-refractivity contribution is 0.154. The molecule has 224 valence electrons. The van der Waals surface area contributed by atoms with Gasteiger partial charge in [0.1, 0.15) is 0 Å². The predicted octanol–water partition coefficient (Wildman–Crippen LogP) is 5.77. The van der Waals surface area contributed by atoms with Crippen molar-refractivity contribution >= 4 is 17.8 Å². The first kappa shape index (κ1) is 31.9. The Labute approximate surface area is 240 Å². The number of hydrogen-bond donors (Lipinski definition) is 2. The first-order valence-corrected chi connectivity index (χ1v) is 15.4. The Balaban J connectivity index is 2.17. The summed E-state index contributed by atoms with van der Waals surface area (Å²) in [5.74, 6) is 2.42. The van der Waals surface area contributed by atoms with Crippen molar-refractivity contribution in [2.24, 2.45) is 0 Å². The zero-order valence-electron chi connectivity index (χ0n) is 27.7. The number of hydrogen-bond acceptors (Lipinski definition) is 8. The Morgan fingerprint density at radius 1 is 0.590 bits per heavy atom. The average Bonchev–Trinajstić information content (AvgIpc) is 2.69. The number of aromatic nitrogens is 3. The second kappa shape index (κ2) is 11.3. The monoisotopic (exact) mass is 544 g/mol. The second-order valence-electron chi connectivity index (χ2n) is 15.3. The molecule has 0 amide bonds. The van der Waals surface area contributed by atoms with Gasteiger partial charge in [0.15, 0.2) is 0 Å². The third kappa shape index (κ3) is 7.75. The molecule has 3 heterocycles. The van der Waals surface area contributed by atoms with E-state index in [1.54, 1.807) is 0 Å². The first-order chi connectivity index (χ1) is 17.8. The van der Waals surface area contributed by atoms with Gasteiger partial charge in [-0.2, -0.15) is 15.0 Å². The normalized spacial score (nSPS) is 22.8. The maximum atomic E-state index is 5.33. The molecule has 3 rings (SSSR count). The summed E-state index contributed by atoms with van der Waals surface area (Å²) in [7, 11) is 0. The Morgan fingerprint density at radius 2 is 0.872 bits per heavy atom. The zero-order valence-corrected chi connectivity index (χ0v) is 27.7. The van der Waals surface area contributed by atoms with Crippen molar-refractivity contribution in [1.82, 2.24) is 25.6 Å². The Hall–Kier alpha value is -1.67. The molecule has 1 aromatic heterocycles. The van der Waals surface area contributed by atoms with Crippen LogP contribution in [0.15, 0.2) is 0 Å². The van der Waals surface area contributed by atoms with Gasteiger partial charge < -0.3 is 25.3 Å². The summed E-state index contributed by atoms with van der Waals surface area (Å²) in [4.78, 5) is 22.9. The Bertz CT molecular complexity index is 863. The van der Waals surface area contributed by atoms with Crippen molar-refractivity contribution in [2.45, 2.75) is 169 Å². The van der Waals surface area contributed by atoms with E-state index in [9.17, 15) is 0 Å². The van der Waals surface area contributed by atoms with Crippen LogP contribution in [0.25, 0.3) is 0 Å². The van der Waals surface area contributed by atoms with Crippen LogP contribution in [0.3, 0.4) is 0 Å². The van der Waals surface area contributed by atoms with Gasteiger partial charge in [-0.15, -0.1) is 0 Å². The molecule has 0 unspecified atom stereocenters. The minimum absolute atomic E-state index is 0.0351. The highest BCUT2D eigenvalue weighted by Crippen LogP contribution is 2.37. The molecule has 0 aromatic carbocycles. The van der Waals surface area contributed by atoms with Crippen LogP contribution in [-0.4, -0.2) is 74.4 Å². The number of anilines is 3. The molecule has 2 aliphatic rings. The third-order valence-corrected chi connectivity index (χ3v) is 8.34. The fourth-order valence-electron chi connectivity index (χ4n) is 7.78. The number of nitrogens with zero attached hydrogens (tertiary/aromatic N) is 6. The lowest BCUT2D eigenvalue weighted by Gasteiger charge is -2.51. The molecule has 2 saturated heterocycles. The number of piperidine rings is 2. The highest BCUT2D eigenvalue weighted by atomic mass is 15.4. The summed E-state index contributed by atoms with van der Waals surface area (Å²) >= 11 is 0. The zero-order chi connectivity index (χ0) is 29.6. The lowest BCUT2D eigenvalue weighted by atomic mass is 9.78. The van der Waals surface area contributed by atoms with Gasteiger partial charge in [-0.05, 0) is 123 Å². The number of rotatable bonds is 9. The molecule has 8 nitrogen and oxygen atoms in total. The van der Waals surface area contributed by atoms with Crippen LogP contribution in [0.1, 0.15) is 123 Å². The highest BCUT2D eigenvalue weighted by Gasteiger charge is 2.43. The predicted molar refractivity (Wildman–Crippen MR) is 167 cm³/mol. The molecular weight excluding hydrogens is 484 g/mol. The molecule has 0 saturated carbocycles. The van der Waals surface area contributed by atoms with Crippen LogP contribution >= 0.6 is 0 Å². The van der Waals surface area contributed by atoms with Crippen LogP contribution in [-0.2, 0) is 0 Å². The molecule has 1 aromatic rings. The summed E-state index contributed by atoms with van der Waals surface area (Å²) in [5.41, 5.74) is 0.140. The van der Waals surface area contributed by atoms with Gasteiger partial charge >= 0.3 is 0 Å². The van der Waals surface area contributed by atoms with E-state index in [1.807, 2.05) is 0 Å². The van der Waals surface area contributed by atoms with E-state index in [0.717, 1.165) is 56.6 Å². The van der Waals surface area contributed by atoms with E-state index in [0.29, 0.717) is 12.1 Å². The largest absolute Gasteiger partial charge is 0.341 e. The molecule has 2 N–H and O–H groups in total.